The lowest BCUT2D eigenvalue weighted by atomic mass is 10.1. The van der Waals surface area contributed by atoms with Crippen molar-refractivity contribution in [2.45, 2.75) is 32.6 Å². The Morgan fingerprint density at radius 3 is 2.33 bits per heavy atom. The largest absolute Gasteiger partial charge is 0.416 e. The van der Waals surface area contributed by atoms with Gasteiger partial charge in [0.2, 0.25) is 11.8 Å². The molecule has 2 N–H and O–H groups in total. The lowest BCUT2D eigenvalue weighted by Gasteiger charge is -2.27. The second-order valence-electron chi connectivity index (χ2n) is 5.91. The van der Waals surface area contributed by atoms with Gasteiger partial charge in [0.25, 0.3) is 0 Å². The molecule has 1 rings (SSSR count). The van der Waals surface area contributed by atoms with Gasteiger partial charge in [-0.25, -0.2) is 0 Å². The standard InChI is InChI=1S/C16H22F3N3O2/c1-11(2)22(9-14(20)23)10-15(24)21(3)8-12-5-4-6-13(7-12)16(17,18)19/h4-7,11H,8-10H2,1-3H3,(H2,20,23). The van der Waals surface area contributed by atoms with Gasteiger partial charge in [-0.05, 0) is 31.5 Å². The molecule has 0 aromatic heterocycles. The van der Waals surface area contributed by atoms with E-state index < -0.39 is 17.6 Å². The summed E-state index contributed by atoms with van der Waals surface area (Å²) >= 11 is 0. The first-order valence-corrected chi connectivity index (χ1v) is 7.43. The molecule has 5 nitrogen and oxygen atoms in total. The summed E-state index contributed by atoms with van der Waals surface area (Å²) in [6.45, 7) is 3.61. The molecule has 1 aromatic rings. The molecule has 134 valence electrons. The van der Waals surface area contributed by atoms with Crippen LogP contribution in [0.4, 0.5) is 13.2 Å². The fraction of sp³-hybridized carbons (Fsp3) is 0.500. The van der Waals surface area contributed by atoms with Crippen molar-refractivity contribution < 1.29 is 22.8 Å². The average molecular weight is 345 g/mol. The van der Waals surface area contributed by atoms with E-state index in [0.717, 1.165) is 12.1 Å². The minimum atomic E-state index is -4.42. The van der Waals surface area contributed by atoms with Crippen molar-refractivity contribution in [3.8, 4) is 0 Å². The van der Waals surface area contributed by atoms with E-state index in [0.29, 0.717) is 5.56 Å². The number of carbonyl (C=O) groups is 2. The Kier molecular flexibility index (Phi) is 6.77. The van der Waals surface area contributed by atoms with Crippen LogP contribution in [0.3, 0.4) is 0 Å². The fourth-order valence-corrected chi connectivity index (χ4v) is 2.12. The molecule has 0 bridgehead atoms. The zero-order chi connectivity index (χ0) is 18.5. The van der Waals surface area contributed by atoms with Gasteiger partial charge >= 0.3 is 6.18 Å². The van der Waals surface area contributed by atoms with Crippen molar-refractivity contribution in [3.63, 3.8) is 0 Å². The van der Waals surface area contributed by atoms with Gasteiger partial charge in [-0.1, -0.05) is 12.1 Å². The molecule has 0 unspecified atom stereocenters. The number of primary amides is 1. The third-order valence-corrected chi connectivity index (χ3v) is 3.53. The number of halogens is 3. The van der Waals surface area contributed by atoms with Crippen LogP contribution < -0.4 is 5.73 Å². The quantitative estimate of drug-likeness (QED) is 0.820. The molecule has 0 radical (unpaired) electrons. The Hall–Kier alpha value is -2.09. The van der Waals surface area contributed by atoms with Crippen LogP contribution in [0.25, 0.3) is 0 Å². The fourth-order valence-electron chi connectivity index (χ4n) is 2.12. The topological polar surface area (TPSA) is 66.6 Å². The van der Waals surface area contributed by atoms with E-state index in [4.69, 9.17) is 5.73 Å². The summed E-state index contributed by atoms with van der Waals surface area (Å²) in [6.07, 6.45) is -4.42. The zero-order valence-corrected chi connectivity index (χ0v) is 13.9. The van der Waals surface area contributed by atoms with Crippen LogP contribution >= 0.6 is 0 Å². The predicted octanol–water partition coefficient (Wildman–Crippen LogP) is 1.86. The summed E-state index contributed by atoms with van der Waals surface area (Å²) in [4.78, 5) is 26.2. The molecule has 0 saturated heterocycles. The van der Waals surface area contributed by atoms with Gasteiger partial charge in [0, 0.05) is 19.6 Å². The Morgan fingerprint density at radius 1 is 1.21 bits per heavy atom. The number of nitrogens with zero attached hydrogens (tertiary/aromatic N) is 2. The molecule has 0 saturated carbocycles. The molecule has 2 amide bonds. The van der Waals surface area contributed by atoms with Crippen LogP contribution in [0.15, 0.2) is 24.3 Å². The SMILES string of the molecule is CC(C)N(CC(N)=O)CC(=O)N(C)Cc1cccc(C(F)(F)F)c1. The monoisotopic (exact) mass is 345 g/mol. The maximum Gasteiger partial charge on any atom is 0.416 e. The van der Waals surface area contributed by atoms with Crippen molar-refractivity contribution in [1.82, 2.24) is 9.80 Å². The summed E-state index contributed by atoms with van der Waals surface area (Å²) in [7, 11) is 1.51. The summed E-state index contributed by atoms with van der Waals surface area (Å²) in [6, 6.07) is 4.78. The second-order valence-corrected chi connectivity index (χ2v) is 5.91. The molecule has 8 heteroatoms. The number of benzene rings is 1. The van der Waals surface area contributed by atoms with Crippen LogP contribution in [0.1, 0.15) is 25.0 Å². The van der Waals surface area contributed by atoms with E-state index in [1.54, 1.807) is 4.90 Å². The number of alkyl halides is 3. The molecule has 0 spiro atoms. The van der Waals surface area contributed by atoms with Crippen molar-refractivity contribution in [2.75, 3.05) is 20.1 Å². The van der Waals surface area contributed by atoms with Gasteiger partial charge in [0.1, 0.15) is 0 Å². The molecule has 0 fully saturated rings. The van der Waals surface area contributed by atoms with Crippen molar-refractivity contribution in [2.24, 2.45) is 5.73 Å². The van der Waals surface area contributed by atoms with E-state index in [1.165, 1.54) is 24.1 Å². The maximum atomic E-state index is 12.7. The van der Waals surface area contributed by atoms with Crippen LogP contribution in [0, 0.1) is 0 Å². The lowest BCUT2D eigenvalue weighted by molar-refractivity contribution is -0.137. The molecular weight excluding hydrogens is 323 g/mol. The second kappa shape index (κ2) is 8.14. The number of hydrogen-bond donors (Lipinski definition) is 1. The first kappa shape index (κ1) is 20.0. The molecule has 0 aliphatic carbocycles. The van der Waals surface area contributed by atoms with E-state index in [1.807, 2.05) is 13.8 Å². The molecular formula is C16H22F3N3O2. The first-order valence-electron chi connectivity index (χ1n) is 7.43. The lowest BCUT2D eigenvalue weighted by Crippen LogP contribution is -2.45. The van der Waals surface area contributed by atoms with E-state index in [-0.39, 0.29) is 31.6 Å². The van der Waals surface area contributed by atoms with E-state index in [2.05, 4.69) is 0 Å². The zero-order valence-electron chi connectivity index (χ0n) is 13.9. The predicted molar refractivity (Wildman–Crippen MR) is 83.8 cm³/mol. The minimum absolute atomic E-state index is 0.0317. The van der Waals surface area contributed by atoms with Gasteiger partial charge < -0.3 is 10.6 Å². The van der Waals surface area contributed by atoms with Crippen molar-refractivity contribution in [1.29, 1.82) is 0 Å². The van der Waals surface area contributed by atoms with Gasteiger partial charge in [-0.15, -0.1) is 0 Å². The van der Waals surface area contributed by atoms with E-state index in [9.17, 15) is 22.8 Å². The number of likely N-dealkylation sites (N-methyl/N-ethyl adjacent to an activating group) is 1. The molecule has 0 aliphatic heterocycles. The third kappa shape index (κ3) is 6.19. The Balaban J connectivity index is 2.75. The van der Waals surface area contributed by atoms with Gasteiger partial charge in [-0.3, -0.25) is 14.5 Å². The van der Waals surface area contributed by atoms with Gasteiger partial charge in [0.05, 0.1) is 18.7 Å². The smallest absolute Gasteiger partial charge is 0.369 e. The number of amides is 2. The van der Waals surface area contributed by atoms with Gasteiger partial charge in [0.15, 0.2) is 0 Å². The highest BCUT2D eigenvalue weighted by Crippen LogP contribution is 2.29. The first-order chi connectivity index (χ1) is 11.0. The van der Waals surface area contributed by atoms with E-state index >= 15 is 0 Å². The van der Waals surface area contributed by atoms with Gasteiger partial charge in [-0.2, -0.15) is 13.2 Å². The average Bonchev–Trinajstić information content (AvgIpc) is 2.45. The summed E-state index contributed by atoms with van der Waals surface area (Å²) < 4.78 is 38.1. The number of nitrogens with two attached hydrogens (primary N) is 1. The Labute approximate surface area is 139 Å². The highest BCUT2D eigenvalue weighted by molar-refractivity contribution is 5.80. The van der Waals surface area contributed by atoms with Crippen LogP contribution in [0.5, 0.6) is 0 Å². The van der Waals surface area contributed by atoms with Crippen molar-refractivity contribution >= 4 is 11.8 Å². The van der Waals surface area contributed by atoms with Crippen LogP contribution in [-0.4, -0.2) is 47.8 Å². The normalized spacial score (nSPS) is 11.8. The molecule has 0 atom stereocenters. The minimum Gasteiger partial charge on any atom is -0.369 e. The van der Waals surface area contributed by atoms with Crippen molar-refractivity contribution in [3.05, 3.63) is 35.4 Å². The highest BCUT2D eigenvalue weighted by atomic mass is 19.4. The summed E-state index contributed by atoms with van der Waals surface area (Å²) in [5.41, 5.74) is 4.78. The Bertz CT molecular complexity index is 588. The number of hydrogen-bond acceptors (Lipinski definition) is 3. The molecule has 0 aliphatic rings. The van der Waals surface area contributed by atoms with Crippen LogP contribution in [-0.2, 0) is 22.3 Å². The number of rotatable bonds is 7. The summed E-state index contributed by atoms with van der Waals surface area (Å²) in [5, 5.41) is 0. The highest BCUT2D eigenvalue weighted by Gasteiger charge is 2.30. The summed E-state index contributed by atoms with van der Waals surface area (Å²) in [5.74, 6) is -0.848. The molecule has 1 aromatic carbocycles. The third-order valence-electron chi connectivity index (χ3n) is 3.53. The van der Waals surface area contributed by atoms with Crippen LogP contribution in [0.2, 0.25) is 0 Å². The molecule has 24 heavy (non-hydrogen) atoms. The molecule has 0 heterocycles. The Morgan fingerprint density at radius 2 is 1.83 bits per heavy atom. The number of carbonyl (C=O) groups excluding carboxylic acids is 2. The maximum absolute atomic E-state index is 12.7.